The van der Waals surface area contributed by atoms with Crippen LogP contribution < -0.4 is 21.7 Å². The number of hydrogen-bond acceptors (Lipinski definition) is 9. The van der Waals surface area contributed by atoms with E-state index in [2.05, 4.69) is 10.6 Å². The molecule has 9 N–H and O–H groups in total. The van der Waals surface area contributed by atoms with Crippen LogP contribution in [0.15, 0.2) is 24.3 Å². The van der Waals surface area contributed by atoms with Crippen LogP contribution in [0.1, 0.15) is 18.4 Å². The molecule has 0 bridgehead atoms. The van der Waals surface area contributed by atoms with Gasteiger partial charge in [0.2, 0.25) is 17.7 Å². The Bertz CT molecular complexity index is 897. The Morgan fingerprint density at radius 2 is 1.46 bits per heavy atom. The second-order valence-electron chi connectivity index (χ2n) is 7.56. The van der Waals surface area contributed by atoms with Crippen LogP contribution in [0.25, 0.3) is 0 Å². The molecule has 0 heterocycles. The molecule has 0 saturated heterocycles. The smallest absolute Gasteiger partial charge is 0.328 e. The number of nitrogens with two attached hydrogens (primary N) is 1. The van der Waals surface area contributed by atoms with Crippen molar-refractivity contribution in [3.8, 4) is 5.75 Å². The average molecular weight is 515 g/mol. The number of nitrogens with one attached hydrogen (secondary N) is 3. The normalized spacial score (nSPS) is 14.1. The number of hydrogen-bond donors (Lipinski definition) is 8. The van der Waals surface area contributed by atoms with Crippen LogP contribution in [0.3, 0.4) is 0 Å². The van der Waals surface area contributed by atoms with Crippen LogP contribution in [-0.4, -0.2) is 92.9 Å². The van der Waals surface area contributed by atoms with Crippen LogP contribution in [0.5, 0.6) is 5.75 Å². The summed E-state index contributed by atoms with van der Waals surface area (Å²) in [5.74, 6) is -5.15. The summed E-state index contributed by atoms with van der Waals surface area (Å²) in [5.41, 5.74) is 6.62. The largest absolute Gasteiger partial charge is 0.508 e. The van der Waals surface area contributed by atoms with E-state index in [0.29, 0.717) is 11.3 Å². The minimum atomic E-state index is -1.69. The monoisotopic (exact) mass is 514 g/mol. The Balaban J connectivity index is 2.92. The Morgan fingerprint density at radius 3 is 1.97 bits per heavy atom. The summed E-state index contributed by atoms with van der Waals surface area (Å²) >= 11 is 1.38. The van der Waals surface area contributed by atoms with Gasteiger partial charge in [-0.15, -0.1) is 0 Å². The number of thioether (sulfide) groups is 1. The van der Waals surface area contributed by atoms with Gasteiger partial charge < -0.3 is 42.1 Å². The predicted octanol–water partition coefficient (Wildman–Crippen LogP) is -1.98. The summed E-state index contributed by atoms with van der Waals surface area (Å²) in [6.07, 6.45) is 1.17. The van der Waals surface area contributed by atoms with Gasteiger partial charge in [-0.3, -0.25) is 19.2 Å². The average Bonchev–Trinajstić information content (AvgIpc) is 2.80. The molecule has 0 aliphatic carbocycles. The lowest BCUT2D eigenvalue weighted by Crippen LogP contribution is -2.58. The first-order valence-electron chi connectivity index (χ1n) is 10.5. The van der Waals surface area contributed by atoms with E-state index in [1.54, 1.807) is 18.4 Å². The molecule has 13 nitrogen and oxygen atoms in total. The van der Waals surface area contributed by atoms with Crippen molar-refractivity contribution >= 4 is 41.4 Å². The maximum atomic E-state index is 12.8. The van der Waals surface area contributed by atoms with Crippen LogP contribution >= 0.6 is 11.8 Å². The Kier molecular flexibility index (Phi) is 12.6. The fourth-order valence-corrected chi connectivity index (χ4v) is 3.35. The maximum absolute atomic E-state index is 12.8. The number of phenolic OH excluding ortho intramolecular Hbond substituents is 1. The molecular formula is C21H30N4O9S. The first kappa shape index (κ1) is 29.7. The quantitative estimate of drug-likeness (QED) is 0.128. The Morgan fingerprint density at radius 1 is 0.914 bits per heavy atom. The second kappa shape index (κ2) is 14.8. The van der Waals surface area contributed by atoms with Gasteiger partial charge in [0.15, 0.2) is 0 Å². The first-order chi connectivity index (χ1) is 16.5. The molecule has 4 atom stereocenters. The summed E-state index contributed by atoms with van der Waals surface area (Å²) in [7, 11) is 0. The van der Waals surface area contributed by atoms with Crippen molar-refractivity contribution in [2.45, 2.75) is 43.4 Å². The zero-order valence-corrected chi connectivity index (χ0v) is 19.8. The number of benzene rings is 1. The van der Waals surface area contributed by atoms with Crippen molar-refractivity contribution in [3.05, 3.63) is 29.8 Å². The van der Waals surface area contributed by atoms with E-state index >= 15 is 0 Å². The van der Waals surface area contributed by atoms with Gasteiger partial charge in [-0.05, 0) is 42.5 Å². The topological polar surface area (TPSA) is 228 Å². The molecule has 194 valence electrons. The third kappa shape index (κ3) is 10.6. The van der Waals surface area contributed by atoms with Crippen LogP contribution in [0.2, 0.25) is 0 Å². The van der Waals surface area contributed by atoms with Crippen LogP contribution in [-0.2, 0) is 30.4 Å². The highest BCUT2D eigenvalue weighted by Crippen LogP contribution is 2.11. The number of aliphatic hydroxyl groups is 1. The SMILES string of the molecule is CSCCC(NC(=O)C(N)Cc1ccc(O)cc1)C(=O)NC(CC(=O)O)C(=O)NC(CO)C(=O)O. The van der Waals surface area contributed by atoms with Crippen molar-refractivity contribution in [1.29, 1.82) is 0 Å². The van der Waals surface area contributed by atoms with Gasteiger partial charge in [0.05, 0.1) is 19.1 Å². The molecule has 3 amide bonds. The number of phenols is 1. The third-order valence-corrected chi connectivity index (χ3v) is 5.43. The molecule has 1 aromatic carbocycles. The maximum Gasteiger partial charge on any atom is 0.328 e. The number of aromatic hydroxyl groups is 1. The Labute approximate surface area is 205 Å². The van der Waals surface area contributed by atoms with E-state index in [9.17, 15) is 29.1 Å². The lowest BCUT2D eigenvalue weighted by molar-refractivity contribution is -0.144. The fraction of sp³-hybridized carbons (Fsp3) is 0.476. The van der Waals surface area contributed by atoms with E-state index in [4.69, 9.17) is 21.1 Å². The highest BCUT2D eigenvalue weighted by molar-refractivity contribution is 7.98. The van der Waals surface area contributed by atoms with E-state index in [-0.39, 0.29) is 18.6 Å². The van der Waals surface area contributed by atoms with E-state index in [1.165, 1.54) is 23.9 Å². The minimum absolute atomic E-state index is 0.0502. The van der Waals surface area contributed by atoms with Crippen molar-refractivity contribution in [3.63, 3.8) is 0 Å². The number of carbonyl (C=O) groups excluding carboxylic acids is 3. The van der Waals surface area contributed by atoms with Crippen LogP contribution in [0, 0.1) is 0 Å². The highest BCUT2D eigenvalue weighted by atomic mass is 32.2. The van der Waals surface area contributed by atoms with Crippen molar-refractivity contribution in [1.82, 2.24) is 16.0 Å². The molecular weight excluding hydrogens is 484 g/mol. The number of carboxylic acid groups (broad SMARTS) is 2. The summed E-state index contributed by atoms with van der Waals surface area (Å²) in [6, 6.07) is 0.509. The summed E-state index contributed by atoms with van der Waals surface area (Å²) < 4.78 is 0. The molecule has 0 aliphatic rings. The zero-order valence-electron chi connectivity index (χ0n) is 19.0. The standard InChI is InChI=1S/C21H30N4O9S/c1-35-7-6-14(23-18(30)13(22)8-11-2-4-12(27)5-3-11)19(31)24-15(9-17(28)29)20(32)25-16(10-26)21(33)34/h2-5,13-16,26-27H,6-10,22H2,1H3,(H,23,30)(H,24,31)(H,25,32)(H,28,29)(H,33,34). The van der Waals surface area contributed by atoms with Gasteiger partial charge >= 0.3 is 11.9 Å². The van der Waals surface area contributed by atoms with Crippen molar-refractivity contribution in [2.75, 3.05) is 18.6 Å². The molecule has 0 spiro atoms. The van der Waals surface area contributed by atoms with Gasteiger partial charge in [0.1, 0.15) is 23.9 Å². The number of aliphatic carboxylic acids is 2. The lowest BCUT2D eigenvalue weighted by Gasteiger charge is -2.24. The summed E-state index contributed by atoms with van der Waals surface area (Å²) in [5, 5.41) is 43.2. The number of amides is 3. The molecule has 0 radical (unpaired) electrons. The number of carbonyl (C=O) groups is 5. The van der Waals surface area contributed by atoms with Gasteiger partial charge in [0, 0.05) is 0 Å². The fourth-order valence-electron chi connectivity index (χ4n) is 2.88. The molecule has 0 aromatic heterocycles. The molecule has 1 rings (SSSR count). The first-order valence-corrected chi connectivity index (χ1v) is 11.9. The zero-order chi connectivity index (χ0) is 26.5. The second-order valence-corrected chi connectivity index (χ2v) is 8.55. The molecule has 4 unspecified atom stereocenters. The minimum Gasteiger partial charge on any atom is -0.508 e. The summed E-state index contributed by atoms with van der Waals surface area (Å²) in [4.78, 5) is 60.1. The van der Waals surface area contributed by atoms with Gasteiger partial charge in [-0.2, -0.15) is 11.8 Å². The van der Waals surface area contributed by atoms with Crippen LogP contribution in [0.4, 0.5) is 0 Å². The lowest BCUT2D eigenvalue weighted by atomic mass is 10.0. The van der Waals surface area contributed by atoms with E-state index in [1.807, 2.05) is 5.32 Å². The van der Waals surface area contributed by atoms with E-state index < -0.39 is 66.9 Å². The number of carboxylic acids is 2. The van der Waals surface area contributed by atoms with Gasteiger partial charge in [-0.25, -0.2) is 4.79 Å². The molecule has 35 heavy (non-hydrogen) atoms. The molecule has 0 fully saturated rings. The predicted molar refractivity (Wildman–Crippen MR) is 126 cm³/mol. The van der Waals surface area contributed by atoms with Gasteiger partial charge in [-0.1, -0.05) is 12.1 Å². The molecule has 0 saturated carbocycles. The van der Waals surface area contributed by atoms with Crippen molar-refractivity contribution < 1.29 is 44.4 Å². The molecule has 0 aliphatic heterocycles. The molecule has 1 aromatic rings. The number of aliphatic hydroxyl groups excluding tert-OH is 1. The Hall–Kier alpha value is -3.36. The highest BCUT2D eigenvalue weighted by Gasteiger charge is 2.31. The van der Waals surface area contributed by atoms with E-state index in [0.717, 1.165) is 0 Å². The number of rotatable bonds is 15. The molecule has 14 heteroatoms. The summed E-state index contributed by atoms with van der Waals surface area (Å²) in [6.45, 7) is -0.944. The van der Waals surface area contributed by atoms with Gasteiger partial charge in [0.25, 0.3) is 0 Å². The third-order valence-electron chi connectivity index (χ3n) is 4.78. The van der Waals surface area contributed by atoms with Crippen molar-refractivity contribution in [2.24, 2.45) is 5.73 Å².